The summed E-state index contributed by atoms with van der Waals surface area (Å²) in [7, 11) is 0. The molecular weight excluding hydrogens is 981 g/mol. The first-order valence-electron chi connectivity index (χ1n) is 31.4. The number of nitrogens with zero attached hydrogens (tertiary/aromatic N) is 2. The maximum Gasteiger partial charge on any atom is 0.129 e. The third kappa shape index (κ3) is 135. The van der Waals surface area contributed by atoms with Crippen LogP contribution in [-0.4, -0.2) is 167 Å². The second kappa shape index (κ2) is 97.3. The van der Waals surface area contributed by atoms with Crippen molar-refractivity contribution in [3.63, 3.8) is 0 Å². The Labute approximate surface area is 485 Å². The van der Waals surface area contributed by atoms with Gasteiger partial charge in [-0.15, -0.1) is 0 Å². The van der Waals surface area contributed by atoms with E-state index in [0.717, 1.165) is 162 Å². The molecular formula is C60H142N14O4. The standard InChI is InChI=1S/C9H22N2.C9H20N2.C8H21N3.C8H19N3.2C5H14N2.4C4H8O/c2*1-2-3-8-11-9-6-4-5-7-10;2*1-3-8(2)11-7-6-10-5-4-9;2*6-4-2-1-3-5-7;2*1-2-4-3-5-4;1-3-4(2)5;1-2-3-4-5/h11H,2-10H2,1H3;8H,2-7,9-10H2,1H3;8,10-11H,3-7,9H2,1-2H3;10H,3-7,9H2,1-2H3;2*1-7H2;2*4H,2-3H2,1H3;3H2,1-2H3;4H,2-3H2,1H3. The Morgan fingerprint density at radius 3 is 1.23 bits per heavy atom. The van der Waals surface area contributed by atoms with Crippen LogP contribution in [0.2, 0.25) is 0 Å². The molecule has 2 aliphatic heterocycles. The number of nitrogens with one attached hydrogen (secondary N) is 4. The van der Waals surface area contributed by atoms with Gasteiger partial charge in [0, 0.05) is 77.0 Å². The number of carbonyl (C=O) groups excluding carboxylic acids is 2. The summed E-state index contributed by atoms with van der Waals surface area (Å²) in [5, 5.41) is 13.2. The summed E-state index contributed by atoms with van der Waals surface area (Å²) in [4.78, 5) is 27.8. The van der Waals surface area contributed by atoms with E-state index < -0.39 is 0 Å². The van der Waals surface area contributed by atoms with Crippen molar-refractivity contribution >= 4 is 24.0 Å². The average molecular weight is 1120 g/mol. The lowest BCUT2D eigenvalue weighted by Gasteiger charge is -2.10. The van der Waals surface area contributed by atoms with Gasteiger partial charge in [-0.25, -0.2) is 0 Å². The Morgan fingerprint density at radius 2 is 0.910 bits per heavy atom. The van der Waals surface area contributed by atoms with Crippen molar-refractivity contribution in [3.8, 4) is 0 Å². The summed E-state index contributed by atoms with van der Waals surface area (Å²) in [5.74, 6) is 0.255. The lowest BCUT2D eigenvalue weighted by atomic mass is 10.2. The minimum Gasteiger partial charge on any atom is -0.373 e. The van der Waals surface area contributed by atoms with Crippen LogP contribution < -0.4 is 67.1 Å². The van der Waals surface area contributed by atoms with Crippen LogP contribution in [0, 0.1) is 0 Å². The number of Topliss-reactive ketones (excluding diaryl/α,β-unsaturated/α-hetero) is 1. The Balaban J connectivity index is -0.000000118. The molecule has 0 amide bonds. The lowest BCUT2D eigenvalue weighted by Crippen LogP contribution is -2.34. The average Bonchev–Trinajstić information content (AvgIpc) is 4.41. The van der Waals surface area contributed by atoms with Gasteiger partial charge in [-0.3, -0.25) is 9.98 Å². The number of ether oxygens (including phenoxy) is 2. The number of epoxide rings is 2. The highest BCUT2D eigenvalue weighted by Gasteiger charge is 2.18. The van der Waals surface area contributed by atoms with Crippen LogP contribution >= 0.6 is 0 Å². The number of carbonyl (C=O) groups is 2. The zero-order valence-electron chi connectivity index (χ0n) is 53.7. The van der Waals surface area contributed by atoms with Gasteiger partial charge < -0.3 is 86.2 Å². The predicted octanol–water partition coefficient (Wildman–Crippen LogP) is 7.53. The maximum atomic E-state index is 9.81. The molecule has 3 atom stereocenters. The molecule has 0 spiro atoms. The van der Waals surface area contributed by atoms with Crippen molar-refractivity contribution < 1.29 is 19.1 Å². The molecule has 2 aliphatic rings. The summed E-state index contributed by atoms with van der Waals surface area (Å²) in [6.07, 6.45) is 30.3. The molecule has 2 rings (SSSR count). The Hall–Kier alpha value is -1.88. The molecule has 0 bridgehead atoms. The van der Waals surface area contributed by atoms with Crippen molar-refractivity contribution in [1.29, 1.82) is 0 Å². The first kappa shape index (κ1) is 92.6. The van der Waals surface area contributed by atoms with Gasteiger partial charge in [0.05, 0.1) is 32.0 Å². The van der Waals surface area contributed by atoms with E-state index in [0.29, 0.717) is 37.6 Å². The van der Waals surface area contributed by atoms with Crippen LogP contribution in [0.4, 0.5) is 0 Å². The van der Waals surface area contributed by atoms with E-state index in [-0.39, 0.29) is 5.78 Å². The molecule has 3 unspecified atom stereocenters. The van der Waals surface area contributed by atoms with E-state index in [9.17, 15) is 9.59 Å². The SMILES string of the molecule is CCC(C)=NCCNCCN.CCC(C)=O.CCC(C)NCCNCCN.CCC1CO1.CCC1CO1.CCCC=NCCCCCN.CCCC=O.CCCCNCCCCCN.NCCCCCN.NCCCCCN. The van der Waals surface area contributed by atoms with E-state index in [2.05, 4.69) is 86.6 Å². The summed E-state index contributed by atoms with van der Waals surface area (Å²) in [5.41, 5.74) is 43.5. The maximum absolute atomic E-state index is 9.81. The van der Waals surface area contributed by atoms with Crippen LogP contribution in [0.15, 0.2) is 9.98 Å². The van der Waals surface area contributed by atoms with Crippen LogP contribution in [0.3, 0.4) is 0 Å². The second-order valence-electron chi connectivity index (χ2n) is 19.0. The van der Waals surface area contributed by atoms with E-state index in [1.54, 1.807) is 6.92 Å². The fourth-order valence-corrected chi connectivity index (χ4v) is 4.93. The number of rotatable bonds is 41. The highest BCUT2D eigenvalue weighted by molar-refractivity contribution is 5.81. The molecule has 2 heterocycles. The van der Waals surface area contributed by atoms with Gasteiger partial charge in [-0.1, -0.05) is 93.9 Å². The number of nitrogens with two attached hydrogens (primary N) is 8. The molecule has 2 fully saturated rings. The van der Waals surface area contributed by atoms with Gasteiger partial charge in [0.15, 0.2) is 0 Å². The molecule has 0 aliphatic carbocycles. The number of aldehydes is 1. The Kier molecular flexibility index (Phi) is 115. The molecule has 18 heteroatoms. The molecule has 0 aromatic heterocycles. The molecule has 78 heavy (non-hydrogen) atoms. The quantitative estimate of drug-likeness (QED) is 0.0122. The zero-order chi connectivity index (χ0) is 60.7. The third-order valence-electron chi connectivity index (χ3n) is 11.0. The van der Waals surface area contributed by atoms with E-state index >= 15 is 0 Å². The van der Waals surface area contributed by atoms with Gasteiger partial charge in [0.25, 0.3) is 0 Å². The second-order valence-corrected chi connectivity index (χ2v) is 19.0. The number of hydrogen-bond donors (Lipinski definition) is 12. The Morgan fingerprint density at radius 1 is 0.500 bits per heavy atom. The summed E-state index contributed by atoms with van der Waals surface area (Å²) in [6, 6.07) is 0.634. The first-order valence-corrected chi connectivity index (χ1v) is 31.4. The highest BCUT2D eigenvalue weighted by atomic mass is 16.6. The number of hydrogen-bond acceptors (Lipinski definition) is 18. The third-order valence-corrected chi connectivity index (χ3v) is 11.0. The highest BCUT2D eigenvalue weighted by Crippen LogP contribution is 2.11. The van der Waals surface area contributed by atoms with Crippen LogP contribution in [0.25, 0.3) is 0 Å². The largest absolute Gasteiger partial charge is 0.373 e. The van der Waals surface area contributed by atoms with Crippen LogP contribution in [-0.2, 0) is 19.1 Å². The molecule has 0 aromatic carbocycles. The van der Waals surface area contributed by atoms with E-state index in [1.807, 2.05) is 20.1 Å². The van der Waals surface area contributed by atoms with Crippen molar-refractivity contribution in [2.24, 2.45) is 55.9 Å². The summed E-state index contributed by atoms with van der Waals surface area (Å²) in [6.45, 7) is 40.0. The van der Waals surface area contributed by atoms with Crippen molar-refractivity contribution in [1.82, 2.24) is 21.3 Å². The number of aliphatic imine (C=N–C) groups is 2. The minimum atomic E-state index is 0.255. The van der Waals surface area contributed by atoms with Crippen molar-refractivity contribution in [3.05, 3.63) is 0 Å². The predicted molar refractivity (Wildman–Crippen MR) is 348 cm³/mol. The smallest absolute Gasteiger partial charge is 0.129 e. The first-order chi connectivity index (χ1) is 37.8. The normalized spacial score (nSPS) is 13.7. The van der Waals surface area contributed by atoms with Gasteiger partial charge in [-0.2, -0.15) is 0 Å². The Bertz CT molecular complexity index is 1010. The van der Waals surface area contributed by atoms with Crippen molar-refractivity contribution in [2.75, 3.05) is 124 Å². The summed E-state index contributed by atoms with van der Waals surface area (Å²) < 4.78 is 9.72. The van der Waals surface area contributed by atoms with E-state index in [1.165, 1.54) is 102 Å². The molecule has 18 nitrogen and oxygen atoms in total. The number of unbranched alkanes of at least 4 members (excludes halogenated alkanes) is 11. The van der Waals surface area contributed by atoms with E-state index in [4.69, 9.17) is 55.3 Å². The van der Waals surface area contributed by atoms with Gasteiger partial charge in [-0.05, 0) is 176 Å². The zero-order valence-corrected chi connectivity index (χ0v) is 53.7. The molecule has 20 N–H and O–H groups in total. The van der Waals surface area contributed by atoms with Crippen LogP contribution in [0.1, 0.15) is 224 Å². The monoisotopic (exact) mass is 1120 g/mol. The molecule has 0 saturated carbocycles. The lowest BCUT2D eigenvalue weighted by molar-refractivity contribution is -0.116. The molecule has 0 radical (unpaired) electrons. The number of ketones is 1. The molecule has 2 saturated heterocycles. The molecule has 0 aromatic rings. The van der Waals surface area contributed by atoms with Crippen LogP contribution in [0.5, 0.6) is 0 Å². The minimum absolute atomic E-state index is 0.255. The topological polar surface area (TPSA) is 340 Å². The fourth-order valence-electron chi connectivity index (χ4n) is 4.93. The fraction of sp³-hybridized carbons (Fsp3) is 0.933. The van der Waals surface area contributed by atoms with Crippen molar-refractivity contribution in [2.45, 2.75) is 242 Å². The van der Waals surface area contributed by atoms with Gasteiger partial charge in [0.1, 0.15) is 12.1 Å². The van der Waals surface area contributed by atoms with Gasteiger partial charge >= 0.3 is 0 Å². The summed E-state index contributed by atoms with van der Waals surface area (Å²) >= 11 is 0. The van der Waals surface area contributed by atoms with Gasteiger partial charge in [0.2, 0.25) is 0 Å². The molecule has 476 valence electrons.